The van der Waals surface area contributed by atoms with Crippen molar-refractivity contribution in [3.05, 3.63) is 33.1 Å². The largest absolute Gasteiger partial charge is 0.143 e. The van der Waals surface area contributed by atoms with Crippen molar-refractivity contribution in [2.45, 2.75) is 43.9 Å². The molecule has 1 aromatic carbocycles. The van der Waals surface area contributed by atoms with Gasteiger partial charge in [-0.15, -0.1) is 11.3 Å². The Hall–Kier alpha value is -0.340. The van der Waals surface area contributed by atoms with Crippen molar-refractivity contribution in [1.29, 1.82) is 0 Å². The second kappa shape index (κ2) is 2.97. The highest BCUT2D eigenvalue weighted by atomic mass is 79.9. The molecule has 2 atom stereocenters. The minimum absolute atomic E-state index is 0.444. The van der Waals surface area contributed by atoms with Crippen LogP contribution in [0.25, 0.3) is 10.1 Å². The fourth-order valence-corrected chi connectivity index (χ4v) is 5.67. The number of hydrogen-bond acceptors (Lipinski definition) is 1. The van der Waals surface area contributed by atoms with E-state index in [1.54, 1.807) is 11.1 Å². The van der Waals surface area contributed by atoms with Gasteiger partial charge in [-0.05, 0) is 69.3 Å². The third-order valence-electron chi connectivity index (χ3n) is 4.98. The van der Waals surface area contributed by atoms with E-state index in [0.29, 0.717) is 10.8 Å². The van der Waals surface area contributed by atoms with E-state index >= 15 is 0 Å². The van der Waals surface area contributed by atoms with Crippen molar-refractivity contribution in [3.8, 4) is 0 Å². The monoisotopic (exact) mass is 306 g/mol. The first kappa shape index (κ1) is 10.6. The van der Waals surface area contributed by atoms with E-state index in [2.05, 4.69) is 47.3 Å². The van der Waals surface area contributed by atoms with Gasteiger partial charge < -0.3 is 0 Å². The van der Waals surface area contributed by atoms with Gasteiger partial charge in [-0.1, -0.05) is 13.8 Å². The van der Waals surface area contributed by atoms with Gasteiger partial charge in [-0.2, -0.15) is 0 Å². The van der Waals surface area contributed by atoms with Crippen LogP contribution in [0.3, 0.4) is 0 Å². The standard InChI is InChI=1S/C15H15BrS/c1-14-3-4-15(2,8-14)11-6-13-9(5-10(11)14)12(16)7-17-13/h5-7H,3-4,8H2,1-2H3. The second-order valence-electron chi connectivity index (χ2n) is 6.28. The third-order valence-corrected chi connectivity index (χ3v) is 6.88. The molecule has 2 aliphatic rings. The van der Waals surface area contributed by atoms with Crippen molar-refractivity contribution < 1.29 is 0 Å². The topological polar surface area (TPSA) is 0 Å². The SMILES string of the molecule is CC12CCC(C)(C1)c1cc3c(Br)csc3cc12. The predicted octanol–water partition coefficient (Wildman–Crippen LogP) is 5.38. The summed E-state index contributed by atoms with van der Waals surface area (Å²) in [7, 11) is 0. The molecule has 1 fully saturated rings. The Balaban J connectivity index is 2.11. The Morgan fingerprint density at radius 2 is 1.76 bits per heavy atom. The molecule has 0 aliphatic heterocycles. The summed E-state index contributed by atoms with van der Waals surface area (Å²) >= 11 is 5.53. The van der Waals surface area contributed by atoms with E-state index < -0.39 is 0 Å². The number of benzene rings is 1. The lowest BCUT2D eigenvalue weighted by Crippen LogP contribution is -2.17. The number of halogens is 1. The molecule has 1 heterocycles. The van der Waals surface area contributed by atoms with Gasteiger partial charge in [0.1, 0.15) is 0 Å². The van der Waals surface area contributed by atoms with Crippen LogP contribution in [0.15, 0.2) is 22.0 Å². The summed E-state index contributed by atoms with van der Waals surface area (Å²) in [5.74, 6) is 0. The first-order valence-corrected chi connectivity index (χ1v) is 7.91. The van der Waals surface area contributed by atoms with E-state index in [4.69, 9.17) is 0 Å². The molecule has 0 spiro atoms. The molecule has 2 unspecified atom stereocenters. The molecule has 2 heteroatoms. The molecule has 88 valence electrons. The van der Waals surface area contributed by atoms with Gasteiger partial charge in [-0.3, -0.25) is 0 Å². The quantitative estimate of drug-likeness (QED) is 0.613. The molecule has 2 aromatic rings. The second-order valence-corrected chi connectivity index (χ2v) is 8.04. The zero-order valence-electron chi connectivity index (χ0n) is 10.1. The summed E-state index contributed by atoms with van der Waals surface area (Å²) in [5, 5.41) is 3.62. The molecule has 2 bridgehead atoms. The highest BCUT2D eigenvalue weighted by molar-refractivity contribution is 9.10. The van der Waals surface area contributed by atoms with Gasteiger partial charge in [0.15, 0.2) is 0 Å². The molecule has 0 radical (unpaired) electrons. The Morgan fingerprint density at radius 3 is 2.47 bits per heavy atom. The van der Waals surface area contributed by atoms with Crippen LogP contribution in [-0.2, 0) is 10.8 Å². The zero-order valence-corrected chi connectivity index (χ0v) is 12.5. The average molecular weight is 307 g/mol. The number of rotatable bonds is 0. The minimum atomic E-state index is 0.444. The smallest absolute Gasteiger partial charge is 0.0361 e. The van der Waals surface area contributed by atoms with Gasteiger partial charge in [0.2, 0.25) is 0 Å². The predicted molar refractivity (Wildman–Crippen MR) is 78.1 cm³/mol. The summed E-state index contributed by atoms with van der Waals surface area (Å²) in [6, 6.07) is 4.92. The van der Waals surface area contributed by atoms with Crippen LogP contribution in [-0.4, -0.2) is 0 Å². The number of hydrogen-bond donors (Lipinski definition) is 0. The molecule has 0 N–H and O–H groups in total. The highest BCUT2D eigenvalue weighted by Crippen LogP contribution is 2.61. The van der Waals surface area contributed by atoms with Crippen LogP contribution in [0.4, 0.5) is 0 Å². The van der Waals surface area contributed by atoms with Crippen LogP contribution in [0, 0.1) is 0 Å². The minimum Gasteiger partial charge on any atom is -0.143 e. The summed E-state index contributed by atoms with van der Waals surface area (Å²) in [6.45, 7) is 4.91. The van der Waals surface area contributed by atoms with Crippen molar-refractivity contribution >= 4 is 37.4 Å². The van der Waals surface area contributed by atoms with Crippen LogP contribution in [0.5, 0.6) is 0 Å². The molecule has 0 saturated heterocycles. The van der Waals surface area contributed by atoms with E-state index in [0.717, 1.165) is 0 Å². The van der Waals surface area contributed by atoms with Gasteiger partial charge in [0, 0.05) is 19.9 Å². The van der Waals surface area contributed by atoms with Crippen molar-refractivity contribution in [3.63, 3.8) is 0 Å². The molecule has 0 nitrogen and oxygen atoms in total. The number of thiophene rings is 1. The molecule has 1 aromatic heterocycles. The number of fused-ring (bicyclic) bond motifs is 6. The fourth-order valence-electron chi connectivity index (χ4n) is 4.09. The Bertz CT molecular complexity index is 642. The van der Waals surface area contributed by atoms with Crippen molar-refractivity contribution in [2.24, 2.45) is 0 Å². The van der Waals surface area contributed by atoms with Gasteiger partial charge >= 0.3 is 0 Å². The van der Waals surface area contributed by atoms with Crippen LogP contribution in [0.1, 0.15) is 44.2 Å². The van der Waals surface area contributed by atoms with Crippen LogP contribution >= 0.6 is 27.3 Å². The van der Waals surface area contributed by atoms with E-state index in [9.17, 15) is 0 Å². The van der Waals surface area contributed by atoms with Crippen LogP contribution in [0.2, 0.25) is 0 Å². The van der Waals surface area contributed by atoms with Gasteiger partial charge in [-0.25, -0.2) is 0 Å². The van der Waals surface area contributed by atoms with E-state index in [-0.39, 0.29) is 0 Å². The molecule has 1 saturated carbocycles. The molecule has 2 aliphatic carbocycles. The maximum Gasteiger partial charge on any atom is 0.0361 e. The summed E-state index contributed by atoms with van der Waals surface area (Å²) in [5.41, 5.74) is 4.15. The maximum absolute atomic E-state index is 3.67. The summed E-state index contributed by atoms with van der Waals surface area (Å²) < 4.78 is 2.70. The van der Waals surface area contributed by atoms with E-state index in [1.165, 1.54) is 33.8 Å². The molecule has 17 heavy (non-hydrogen) atoms. The summed E-state index contributed by atoms with van der Waals surface area (Å²) in [4.78, 5) is 0. The lowest BCUT2D eigenvalue weighted by Gasteiger charge is -2.27. The lowest BCUT2D eigenvalue weighted by molar-refractivity contribution is 0.484. The Kier molecular flexibility index (Phi) is 1.85. The van der Waals surface area contributed by atoms with Crippen molar-refractivity contribution in [2.75, 3.05) is 0 Å². The van der Waals surface area contributed by atoms with Gasteiger partial charge in [0.05, 0.1) is 0 Å². The average Bonchev–Trinajstić information content (AvgIpc) is 2.87. The van der Waals surface area contributed by atoms with Crippen LogP contribution < -0.4 is 0 Å². The zero-order chi connectivity index (χ0) is 11.8. The molecular weight excluding hydrogens is 292 g/mol. The molecule has 4 rings (SSSR count). The third kappa shape index (κ3) is 1.18. The maximum atomic E-state index is 3.67. The Morgan fingerprint density at radius 1 is 1.12 bits per heavy atom. The van der Waals surface area contributed by atoms with Crippen molar-refractivity contribution in [1.82, 2.24) is 0 Å². The van der Waals surface area contributed by atoms with E-state index in [1.807, 2.05) is 11.3 Å². The molecule has 0 amide bonds. The normalized spacial score (nSPS) is 34.5. The fraction of sp³-hybridized carbons (Fsp3) is 0.467. The highest BCUT2D eigenvalue weighted by Gasteiger charge is 2.52. The summed E-state index contributed by atoms with van der Waals surface area (Å²) in [6.07, 6.45) is 4.09. The lowest BCUT2D eigenvalue weighted by atomic mass is 9.78. The molecular formula is C15H15BrS. The van der Waals surface area contributed by atoms with Gasteiger partial charge in [0.25, 0.3) is 0 Å². The Labute approximate surface area is 114 Å². The first-order valence-electron chi connectivity index (χ1n) is 6.24. The first-order chi connectivity index (χ1) is 8.02.